The van der Waals surface area contributed by atoms with Gasteiger partial charge in [0.1, 0.15) is 5.82 Å². The zero-order chi connectivity index (χ0) is 19.7. The van der Waals surface area contributed by atoms with Gasteiger partial charge >= 0.3 is 0 Å². The molecule has 3 aromatic rings. The summed E-state index contributed by atoms with van der Waals surface area (Å²) in [5.41, 5.74) is 3.97. The molecule has 2 aromatic heterocycles. The number of aryl methyl sites for hydroxylation is 1. The Labute approximate surface area is 162 Å². The third-order valence-corrected chi connectivity index (χ3v) is 4.59. The van der Waals surface area contributed by atoms with Gasteiger partial charge in [0.25, 0.3) is 5.91 Å². The molecule has 2 amide bonds. The van der Waals surface area contributed by atoms with Gasteiger partial charge in [-0.2, -0.15) is 5.10 Å². The predicted octanol–water partition coefficient (Wildman–Crippen LogP) is 2.21. The van der Waals surface area contributed by atoms with Crippen molar-refractivity contribution < 1.29 is 9.59 Å². The number of nitrogens with one attached hydrogen (secondary N) is 2. The fourth-order valence-corrected chi connectivity index (χ4v) is 3.14. The molecule has 0 radical (unpaired) electrons. The quantitative estimate of drug-likeness (QED) is 0.728. The number of fused-ring (bicyclic) bond motifs is 1. The topological polar surface area (TPSA) is 92.2 Å². The molecule has 0 saturated heterocycles. The first kappa shape index (κ1) is 17.7. The van der Waals surface area contributed by atoms with E-state index in [2.05, 4.69) is 20.7 Å². The summed E-state index contributed by atoms with van der Waals surface area (Å²) in [7, 11) is 1.73. The maximum Gasteiger partial charge on any atom is 0.255 e. The van der Waals surface area contributed by atoms with Crippen LogP contribution in [0.2, 0.25) is 0 Å². The van der Waals surface area contributed by atoms with Crippen molar-refractivity contribution in [1.29, 1.82) is 0 Å². The molecule has 0 spiro atoms. The Hall–Kier alpha value is -3.68. The van der Waals surface area contributed by atoms with Crippen LogP contribution in [0.3, 0.4) is 0 Å². The fourth-order valence-electron chi connectivity index (χ4n) is 3.14. The monoisotopic (exact) mass is 376 g/mol. The third-order valence-electron chi connectivity index (χ3n) is 4.59. The van der Waals surface area contributed by atoms with Gasteiger partial charge in [0.2, 0.25) is 5.91 Å². The summed E-state index contributed by atoms with van der Waals surface area (Å²) in [6.45, 7) is 2.62. The summed E-state index contributed by atoms with van der Waals surface area (Å²) in [6, 6.07) is 9.63. The third kappa shape index (κ3) is 3.44. The van der Waals surface area contributed by atoms with Crippen molar-refractivity contribution in [2.75, 3.05) is 24.2 Å². The van der Waals surface area contributed by atoms with Crippen molar-refractivity contribution in [2.45, 2.75) is 13.5 Å². The van der Waals surface area contributed by atoms with Crippen LogP contribution in [0.5, 0.6) is 0 Å². The number of benzene rings is 1. The largest absolute Gasteiger partial charge is 0.359 e. The Bertz CT molecular complexity index is 1060. The molecule has 1 aliphatic heterocycles. The summed E-state index contributed by atoms with van der Waals surface area (Å²) in [5.74, 6) is 0.230. The highest BCUT2D eigenvalue weighted by Crippen LogP contribution is 2.23. The predicted molar refractivity (Wildman–Crippen MR) is 105 cm³/mol. The first-order valence-electron chi connectivity index (χ1n) is 8.90. The number of hydrogen-bond donors (Lipinski definition) is 2. The van der Waals surface area contributed by atoms with E-state index in [4.69, 9.17) is 0 Å². The molecule has 2 N–H and O–H groups in total. The van der Waals surface area contributed by atoms with Gasteiger partial charge in [0, 0.05) is 31.5 Å². The smallest absolute Gasteiger partial charge is 0.255 e. The summed E-state index contributed by atoms with van der Waals surface area (Å²) in [4.78, 5) is 30.1. The molecular weight excluding hydrogens is 356 g/mol. The van der Waals surface area contributed by atoms with Gasteiger partial charge in [-0.15, -0.1) is 0 Å². The molecule has 1 aromatic carbocycles. The van der Waals surface area contributed by atoms with E-state index in [1.54, 1.807) is 24.2 Å². The molecule has 0 bridgehead atoms. The molecule has 0 saturated carbocycles. The normalized spacial score (nSPS) is 12.7. The van der Waals surface area contributed by atoms with E-state index in [1.807, 2.05) is 42.1 Å². The molecule has 8 heteroatoms. The molecular formula is C20H20N6O2. The number of rotatable bonds is 4. The highest BCUT2D eigenvalue weighted by molar-refractivity contribution is 6.02. The van der Waals surface area contributed by atoms with Crippen LogP contribution in [-0.2, 0) is 11.3 Å². The minimum Gasteiger partial charge on any atom is -0.359 e. The summed E-state index contributed by atoms with van der Waals surface area (Å²) >= 11 is 0. The van der Waals surface area contributed by atoms with Crippen LogP contribution in [0.15, 0.2) is 48.9 Å². The standard InChI is InChI=1S/C20H20N6O2/c1-13-5-3-4-6-17(13)26-12-14(8-23-26)11-25(2)20(28)15-7-16-19(21-9-15)22-10-18(27)24-16/h3-9,12H,10-11H2,1-2H3,(H,21,22)(H,24,27). The summed E-state index contributed by atoms with van der Waals surface area (Å²) in [6.07, 6.45) is 5.19. The molecule has 8 nitrogen and oxygen atoms in total. The lowest BCUT2D eigenvalue weighted by atomic mass is 10.2. The van der Waals surface area contributed by atoms with Gasteiger partial charge in [0.05, 0.1) is 29.7 Å². The Morgan fingerprint density at radius 3 is 2.93 bits per heavy atom. The van der Waals surface area contributed by atoms with E-state index < -0.39 is 0 Å². The number of carbonyl (C=O) groups excluding carboxylic acids is 2. The Balaban J connectivity index is 1.49. The zero-order valence-corrected chi connectivity index (χ0v) is 15.6. The first-order valence-corrected chi connectivity index (χ1v) is 8.90. The van der Waals surface area contributed by atoms with E-state index in [0.717, 1.165) is 16.8 Å². The number of aromatic nitrogens is 3. The summed E-state index contributed by atoms with van der Waals surface area (Å²) < 4.78 is 1.81. The molecule has 0 aliphatic carbocycles. The van der Waals surface area contributed by atoms with Crippen LogP contribution in [0, 0.1) is 6.92 Å². The van der Waals surface area contributed by atoms with Crippen molar-refractivity contribution in [1.82, 2.24) is 19.7 Å². The second-order valence-electron chi connectivity index (χ2n) is 6.76. The van der Waals surface area contributed by atoms with E-state index in [0.29, 0.717) is 23.6 Å². The van der Waals surface area contributed by atoms with Crippen molar-refractivity contribution >= 4 is 23.3 Å². The van der Waals surface area contributed by atoms with E-state index in [-0.39, 0.29) is 18.4 Å². The van der Waals surface area contributed by atoms with Crippen LogP contribution in [0.25, 0.3) is 5.69 Å². The first-order chi connectivity index (χ1) is 13.5. The maximum absolute atomic E-state index is 12.8. The Morgan fingerprint density at radius 1 is 1.29 bits per heavy atom. The van der Waals surface area contributed by atoms with Crippen LogP contribution in [0.4, 0.5) is 11.5 Å². The number of hydrogen-bond acceptors (Lipinski definition) is 5. The van der Waals surface area contributed by atoms with Gasteiger partial charge in [-0.05, 0) is 24.6 Å². The lowest BCUT2D eigenvalue weighted by molar-refractivity contribution is -0.114. The van der Waals surface area contributed by atoms with E-state index >= 15 is 0 Å². The lowest BCUT2D eigenvalue weighted by Crippen LogP contribution is -2.30. The van der Waals surface area contributed by atoms with Gasteiger partial charge in [-0.25, -0.2) is 9.67 Å². The molecule has 142 valence electrons. The number of nitrogens with zero attached hydrogens (tertiary/aromatic N) is 4. The van der Waals surface area contributed by atoms with Gasteiger partial charge < -0.3 is 15.5 Å². The van der Waals surface area contributed by atoms with Gasteiger partial charge in [-0.3, -0.25) is 9.59 Å². The number of para-hydroxylation sites is 1. The highest BCUT2D eigenvalue weighted by Gasteiger charge is 2.19. The van der Waals surface area contributed by atoms with Crippen LogP contribution in [0.1, 0.15) is 21.5 Å². The molecule has 1 aliphatic rings. The molecule has 3 heterocycles. The number of carbonyl (C=O) groups is 2. The molecule has 4 rings (SSSR count). The molecule has 0 fully saturated rings. The SMILES string of the molecule is Cc1ccccc1-n1cc(CN(C)C(=O)c2cnc3c(c2)NC(=O)CN3)cn1. The molecule has 28 heavy (non-hydrogen) atoms. The molecule has 0 unspecified atom stereocenters. The Kier molecular flexibility index (Phi) is 4.52. The van der Waals surface area contributed by atoms with E-state index in [9.17, 15) is 9.59 Å². The average Bonchev–Trinajstić information content (AvgIpc) is 3.15. The van der Waals surface area contributed by atoms with Crippen molar-refractivity contribution in [2.24, 2.45) is 0 Å². The second kappa shape index (κ2) is 7.15. The average molecular weight is 376 g/mol. The zero-order valence-electron chi connectivity index (χ0n) is 15.6. The van der Waals surface area contributed by atoms with Crippen LogP contribution >= 0.6 is 0 Å². The fraction of sp³-hybridized carbons (Fsp3) is 0.200. The minimum atomic E-state index is -0.182. The second-order valence-corrected chi connectivity index (χ2v) is 6.76. The minimum absolute atomic E-state index is 0.157. The van der Waals surface area contributed by atoms with Crippen molar-refractivity contribution in [3.05, 3.63) is 65.6 Å². The lowest BCUT2D eigenvalue weighted by Gasteiger charge is -2.20. The van der Waals surface area contributed by atoms with E-state index in [1.165, 1.54) is 6.20 Å². The van der Waals surface area contributed by atoms with Crippen LogP contribution < -0.4 is 10.6 Å². The number of anilines is 2. The number of amides is 2. The number of pyridine rings is 1. The highest BCUT2D eigenvalue weighted by atomic mass is 16.2. The van der Waals surface area contributed by atoms with Gasteiger partial charge in [0.15, 0.2) is 0 Å². The van der Waals surface area contributed by atoms with Crippen molar-refractivity contribution in [3.8, 4) is 5.69 Å². The van der Waals surface area contributed by atoms with Crippen molar-refractivity contribution in [3.63, 3.8) is 0 Å². The summed E-state index contributed by atoms with van der Waals surface area (Å²) in [5, 5.41) is 10.0. The van der Waals surface area contributed by atoms with Gasteiger partial charge in [-0.1, -0.05) is 18.2 Å². The Morgan fingerprint density at radius 2 is 2.11 bits per heavy atom. The molecule has 0 atom stereocenters. The van der Waals surface area contributed by atoms with Crippen LogP contribution in [-0.4, -0.2) is 45.1 Å². The maximum atomic E-state index is 12.8.